The van der Waals surface area contributed by atoms with Gasteiger partial charge < -0.3 is 9.47 Å². The minimum Gasteiger partial charge on any atom is -0.493 e. The number of ether oxygens (including phenoxy) is 2. The van der Waals surface area contributed by atoms with Gasteiger partial charge in [-0.25, -0.2) is 0 Å². The van der Waals surface area contributed by atoms with Gasteiger partial charge in [0.05, 0.1) is 13.7 Å². The first-order valence-corrected chi connectivity index (χ1v) is 9.00. The summed E-state index contributed by atoms with van der Waals surface area (Å²) < 4.78 is 10.7. The van der Waals surface area contributed by atoms with Crippen LogP contribution in [-0.2, 0) is 4.79 Å². The van der Waals surface area contributed by atoms with Gasteiger partial charge >= 0.3 is 0 Å². The van der Waals surface area contributed by atoms with Gasteiger partial charge in [0.2, 0.25) is 5.91 Å². The molecule has 2 aliphatic carbocycles. The number of hydrogen-bond donors (Lipinski definition) is 2. The first-order valence-electron chi connectivity index (χ1n) is 9.00. The molecule has 3 atom stereocenters. The number of carbonyl (C=O) groups is 2. The fourth-order valence-corrected chi connectivity index (χ4v) is 4.20. The normalized spacial score (nSPS) is 24.0. The van der Waals surface area contributed by atoms with Crippen molar-refractivity contribution in [2.45, 2.75) is 39.0 Å². The Morgan fingerprint density at radius 3 is 2.64 bits per heavy atom. The number of nitrogens with one attached hydrogen (secondary N) is 2. The van der Waals surface area contributed by atoms with Gasteiger partial charge in [-0.1, -0.05) is 6.42 Å². The van der Waals surface area contributed by atoms with E-state index in [1.807, 2.05) is 6.92 Å². The zero-order chi connectivity index (χ0) is 17.8. The third kappa shape index (κ3) is 4.06. The van der Waals surface area contributed by atoms with E-state index in [0.717, 1.165) is 12.3 Å². The average molecular weight is 346 g/mol. The van der Waals surface area contributed by atoms with Gasteiger partial charge in [0.25, 0.3) is 5.91 Å². The molecule has 2 aliphatic rings. The minimum atomic E-state index is -0.373. The third-order valence-electron chi connectivity index (χ3n) is 5.37. The Hall–Kier alpha value is -2.24. The van der Waals surface area contributed by atoms with E-state index in [1.54, 1.807) is 18.2 Å². The van der Waals surface area contributed by atoms with Crippen LogP contribution in [-0.4, -0.2) is 25.5 Å². The molecular weight excluding hydrogens is 320 g/mol. The number of carbonyl (C=O) groups excluding carboxylic acids is 2. The zero-order valence-corrected chi connectivity index (χ0v) is 14.8. The third-order valence-corrected chi connectivity index (χ3v) is 5.37. The SMILES string of the molecule is CCOc1ccc(C(=O)NNC(=O)C[C@@H]2C[C@@H]3CC[C@@H]2C3)cc1OC. The fourth-order valence-electron chi connectivity index (χ4n) is 4.20. The maximum absolute atomic E-state index is 12.2. The van der Waals surface area contributed by atoms with Crippen LogP contribution in [0.3, 0.4) is 0 Å². The van der Waals surface area contributed by atoms with E-state index in [9.17, 15) is 9.59 Å². The highest BCUT2D eigenvalue weighted by molar-refractivity contribution is 5.96. The molecule has 1 aromatic rings. The number of hydrogen-bond acceptors (Lipinski definition) is 4. The van der Waals surface area contributed by atoms with Crippen LogP contribution >= 0.6 is 0 Å². The molecule has 2 N–H and O–H groups in total. The Bertz CT molecular complexity index is 646. The van der Waals surface area contributed by atoms with E-state index in [4.69, 9.17) is 9.47 Å². The maximum Gasteiger partial charge on any atom is 0.269 e. The lowest BCUT2D eigenvalue weighted by atomic mass is 9.86. The Kier molecular flexibility index (Phi) is 5.46. The Morgan fingerprint density at radius 2 is 2.00 bits per heavy atom. The summed E-state index contributed by atoms with van der Waals surface area (Å²) in [6.45, 7) is 2.40. The number of rotatable bonds is 6. The molecule has 6 heteroatoms. The summed E-state index contributed by atoms with van der Waals surface area (Å²) in [5.41, 5.74) is 5.42. The molecule has 3 rings (SSSR count). The highest BCUT2D eigenvalue weighted by Crippen LogP contribution is 2.49. The van der Waals surface area contributed by atoms with Crippen LogP contribution in [0.1, 0.15) is 49.4 Å². The molecule has 25 heavy (non-hydrogen) atoms. The lowest BCUT2D eigenvalue weighted by Gasteiger charge is -2.21. The molecule has 1 aromatic carbocycles. The molecule has 0 spiro atoms. The maximum atomic E-state index is 12.2. The van der Waals surface area contributed by atoms with Gasteiger partial charge in [-0.3, -0.25) is 20.4 Å². The molecule has 2 amide bonds. The van der Waals surface area contributed by atoms with Crippen molar-refractivity contribution in [3.63, 3.8) is 0 Å². The molecular formula is C19H26N2O4. The molecule has 0 aliphatic heterocycles. The van der Waals surface area contributed by atoms with Crippen LogP contribution in [0.25, 0.3) is 0 Å². The van der Waals surface area contributed by atoms with Crippen LogP contribution < -0.4 is 20.3 Å². The molecule has 0 radical (unpaired) electrons. The first kappa shape index (κ1) is 17.6. The van der Waals surface area contributed by atoms with E-state index in [1.165, 1.54) is 26.4 Å². The molecule has 2 saturated carbocycles. The smallest absolute Gasteiger partial charge is 0.269 e. The molecule has 6 nitrogen and oxygen atoms in total. The van der Waals surface area contributed by atoms with E-state index in [2.05, 4.69) is 10.9 Å². The quantitative estimate of drug-likeness (QED) is 0.777. The van der Waals surface area contributed by atoms with Crippen molar-refractivity contribution < 1.29 is 19.1 Å². The topological polar surface area (TPSA) is 76.7 Å². The number of fused-ring (bicyclic) bond motifs is 2. The van der Waals surface area contributed by atoms with Crippen molar-refractivity contribution in [2.24, 2.45) is 17.8 Å². The predicted molar refractivity (Wildman–Crippen MR) is 93.3 cm³/mol. The molecule has 136 valence electrons. The lowest BCUT2D eigenvalue weighted by Crippen LogP contribution is -2.42. The molecule has 0 aromatic heterocycles. The Morgan fingerprint density at radius 1 is 1.16 bits per heavy atom. The molecule has 2 bridgehead atoms. The van der Waals surface area contributed by atoms with Crippen molar-refractivity contribution in [3.8, 4) is 11.5 Å². The fraction of sp³-hybridized carbons (Fsp3) is 0.579. The van der Waals surface area contributed by atoms with Crippen molar-refractivity contribution >= 4 is 11.8 Å². The summed E-state index contributed by atoms with van der Waals surface area (Å²) in [6.07, 6.45) is 5.49. The molecule has 0 unspecified atom stereocenters. The summed E-state index contributed by atoms with van der Waals surface area (Å²) in [7, 11) is 1.52. The van der Waals surface area contributed by atoms with E-state index >= 15 is 0 Å². The molecule has 0 saturated heterocycles. The Labute approximate surface area is 148 Å². The number of hydrazine groups is 1. The van der Waals surface area contributed by atoms with Crippen LogP contribution in [0, 0.1) is 17.8 Å². The lowest BCUT2D eigenvalue weighted by molar-refractivity contribution is -0.123. The van der Waals surface area contributed by atoms with Gasteiger partial charge in [0.15, 0.2) is 11.5 Å². The second-order valence-corrected chi connectivity index (χ2v) is 6.94. The van der Waals surface area contributed by atoms with Crippen molar-refractivity contribution in [3.05, 3.63) is 23.8 Å². The second-order valence-electron chi connectivity index (χ2n) is 6.94. The highest BCUT2D eigenvalue weighted by Gasteiger charge is 2.40. The summed E-state index contributed by atoms with van der Waals surface area (Å²) >= 11 is 0. The Balaban J connectivity index is 1.51. The number of methoxy groups -OCH3 is 1. The van der Waals surface area contributed by atoms with Gasteiger partial charge in [0, 0.05) is 12.0 Å². The first-order chi connectivity index (χ1) is 12.1. The summed E-state index contributed by atoms with van der Waals surface area (Å²) in [6, 6.07) is 4.93. The predicted octanol–water partition coefficient (Wildman–Crippen LogP) is 2.68. The van der Waals surface area contributed by atoms with E-state index in [0.29, 0.717) is 41.9 Å². The largest absolute Gasteiger partial charge is 0.493 e. The van der Waals surface area contributed by atoms with E-state index in [-0.39, 0.29) is 11.8 Å². The van der Waals surface area contributed by atoms with Gasteiger partial charge in [-0.15, -0.1) is 0 Å². The van der Waals surface area contributed by atoms with Crippen molar-refractivity contribution in [2.75, 3.05) is 13.7 Å². The molecule has 2 fully saturated rings. The van der Waals surface area contributed by atoms with Gasteiger partial charge in [-0.05, 0) is 62.1 Å². The minimum absolute atomic E-state index is 0.121. The molecule has 0 heterocycles. The van der Waals surface area contributed by atoms with Crippen LogP contribution in [0.4, 0.5) is 0 Å². The van der Waals surface area contributed by atoms with Crippen molar-refractivity contribution in [1.29, 1.82) is 0 Å². The van der Waals surface area contributed by atoms with Crippen molar-refractivity contribution in [1.82, 2.24) is 10.9 Å². The average Bonchev–Trinajstić information content (AvgIpc) is 3.23. The monoisotopic (exact) mass is 346 g/mol. The number of benzene rings is 1. The van der Waals surface area contributed by atoms with Crippen LogP contribution in [0.5, 0.6) is 11.5 Å². The van der Waals surface area contributed by atoms with Gasteiger partial charge in [0.1, 0.15) is 0 Å². The zero-order valence-electron chi connectivity index (χ0n) is 14.8. The number of amides is 2. The summed E-state index contributed by atoms with van der Waals surface area (Å²) in [4.78, 5) is 24.3. The van der Waals surface area contributed by atoms with Crippen LogP contribution in [0.15, 0.2) is 18.2 Å². The standard InChI is InChI=1S/C19H26N2O4/c1-3-25-16-7-6-14(10-17(16)24-2)19(23)21-20-18(22)11-15-9-12-4-5-13(15)8-12/h6-7,10,12-13,15H,3-5,8-9,11H2,1-2H3,(H,20,22)(H,21,23)/t12-,13-,15+/m1/s1. The van der Waals surface area contributed by atoms with E-state index < -0.39 is 0 Å². The summed E-state index contributed by atoms with van der Waals surface area (Å²) in [5.74, 6) is 2.56. The summed E-state index contributed by atoms with van der Waals surface area (Å²) in [5, 5.41) is 0. The second kappa shape index (κ2) is 7.76. The highest BCUT2D eigenvalue weighted by atomic mass is 16.5. The van der Waals surface area contributed by atoms with Gasteiger partial charge in [-0.2, -0.15) is 0 Å². The van der Waals surface area contributed by atoms with Crippen LogP contribution in [0.2, 0.25) is 0 Å².